The molecule has 2 aliphatic heterocycles. The van der Waals surface area contributed by atoms with E-state index >= 15 is 0 Å². The van der Waals surface area contributed by atoms with E-state index in [-0.39, 0.29) is 34.3 Å². The fourth-order valence-electron chi connectivity index (χ4n) is 3.41. The van der Waals surface area contributed by atoms with Gasteiger partial charge in [-0.05, 0) is 31.0 Å². The van der Waals surface area contributed by atoms with E-state index < -0.39 is 19.7 Å². The second-order valence-electron chi connectivity index (χ2n) is 6.12. The lowest BCUT2D eigenvalue weighted by atomic mass is 10.1. The van der Waals surface area contributed by atoms with Crippen molar-refractivity contribution in [3.63, 3.8) is 0 Å². The Hall–Kier alpha value is -0.830. The topological polar surface area (TPSA) is 83.6 Å². The van der Waals surface area contributed by atoms with Gasteiger partial charge in [0.2, 0.25) is 0 Å². The van der Waals surface area contributed by atoms with E-state index in [1.165, 1.54) is 12.1 Å². The van der Waals surface area contributed by atoms with Crippen LogP contribution in [-0.2, 0) is 19.7 Å². The SMILES string of the molecule is CS(=O)(=O)c1ccc(N2C3CCC2CNC3)c(S(C)(=O)=O)c1.Cl. The summed E-state index contributed by atoms with van der Waals surface area (Å²) in [5.74, 6) is 0. The number of halogens is 1. The van der Waals surface area contributed by atoms with Crippen molar-refractivity contribution in [2.75, 3.05) is 30.5 Å². The summed E-state index contributed by atoms with van der Waals surface area (Å²) in [7, 11) is -6.95. The monoisotopic (exact) mass is 380 g/mol. The van der Waals surface area contributed by atoms with E-state index in [1.807, 2.05) is 0 Å². The van der Waals surface area contributed by atoms with Crippen LogP contribution in [0.3, 0.4) is 0 Å². The molecule has 2 aliphatic rings. The molecule has 0 aromatic heterocycles. The summed E-state index contributed by atoms with van der Waals surface area (Å²) in [4.78, 5) is 2.30. The Labute approximate surface area is 143 Å². The number of rotatable bonds is 3. The van der Waals surface area contributed by atoms with Gasteiger partial charge in [-0.15, -0.1) is 12.4 Å². The molecule has 9 heteroatoms. The average molecular weight is 381 g/mol. The lowest BCUT2D eigenvalue weighted by molar-refractivity contribution is 0.482. The van der Waals surface area contributed by atoms with Crippen molar-refractivity contribution < 1.29 is 16.8 Å². The zero-order chi connectivity index (χ0) is 16.1. The lowest BCUT2D eigenvalue weighted by Crippen LogP contribution is -2.52. The van der Waals surface area contributed by atoms with Crippen molar-refractivity contribution in [1.29, 1.82) is 0 Å². The van der Waals surface area contributed by atoms with E-state index in [9.17, 15) is 16.8 Å². The largest absolute Gasteiger partial charge is 0.362 e. The Balaban J connectivity index is 0.00000192. The predicted octanol–water partition coefficient (Wildman–Crippen LogP) is 0.856. The lowest BCUT2D eigenvalue weighted by Gasteiger charge is -2.38. The Kier molecular flexibility index (Phi) is 5.02. The molecular weight excluding hydrogens is 360 g/mol. The van der Waals surface area contributed by atoms with Crippen LogP contribution in [0.2, 0.25) is 0 Å². The van der Waals surface area contributed by atoms with Crippen molar-refractivity contribution in [2.24, 2.45) is 0 Å². The summed E-state index contributed by atoms with van der Waals surface area (Å²) in [5.41, 5.74) is 0.629. The minimum absolute atomic E-state index is 0. The summed E-state index contributed by atoms with van der Waals surface area (Å²) in [5, 5.41) is 3.35. The predicted molar refractivity (Wildman–Crippen MR) is 92.1 cm³/mol. The van der Waals surface area contributed by atoms with E-state index in [0.29, 0.717) is 5.69 Å². The summed E-state index contributed by atoms with van der Waals surface area (Å²) < 4.78 is 47.8. The molecule has 2 fully saturated rings. The molecular formula is C14H21ClN2O4S2. The molecule has 1 aromatic carbocycles. The van der Waals surface area contributed by atoms with Crippen LogP contribution >= 0.6 is 12.4 Å². The maximum Gasteiger partial charge on any atom is 0.177 e. The maximum atomic E-state index is 12.2. The molecule has 0 aliphatic carbocycles. The fraction of sp³-hybridized carbons (Fsp3) is 0.571. The number of piperazine rings is 1. The fourth-order valence-corrected chi connectivity index (χ4v) is 5.02. The summed E-state index contributed by atoms with van der Waals surface area (Å²) >= 11 is 0. The highest BCUT2D eigenvalue weighted by molar-refractivity contribution is 7.91. The molecule has 3 rings (SSSR count). The zero-order valence-electron chi connectivity index (χ0n) is 13.0. The van der Waals surface area contributed by atoms with Gasteiger partial charge in [-0.2, -0.15) is 0 Å². The van der Waals surface area contributed by atoms with Crippen molar-refractivity contribution in [3.8, 4) is 0 Å². The molecule has 1 N–H and O–H groups in total. The number of hydrogen-bond acceptors (Lipinski definition) is 6. The Morgan fingerprint density at radius 3 is 2.04 bits per heavy atom. The highest BCUT2D eigenvalue weighted by atomic mass is 35.5. The number of hydrogen-bond donors (Lipinski definition) is 1. The molecule has 1 aromatic rings. The van der Waals surface area contributed by atoms with Gasteiger partial charge in [0.25, 0.3) is 0 Å². The van der Waals surface area contributed by atoms with Gasteiger partial charge in [-0.3, -0.25) is 0 Å². The van der Waals surface area contributed by atoms with Gasteiger partial charge in [0.1, 0.15) is 0 Å². The molecule has 6 nitrogen and oxygen atoms in total. The molecule has 2 saturated heterocycles. The molecule has 2 bridgehead atoms. The second kappa shape index (κ2) is 6.23. The number of anilines is 1. The summed E-state index contributed by atoms with van der Waals surface area (Å²) in [6, 6.07) is 4.97. The highest BCUT2D eigenvalue weighted by Crippen LogP contribution is 2.37. The van der Waals surface area contributed by atoms with Crippen LogP contribution in [0, 0.1) is 0 Å². The quantitative estimate of drug-likeness (QED) is 0.837. The van der Waals surface area contributed by atoms with Crippen molar-refractivity contribution in [2.45, 2.75) is 34.7 Å². The molecule has 0 saturated carbocycles. The molecule has 2 unspecified atom stereocenters. The van der Waals surface area contributed by atoms with Gasteiger partial charge in [0, 0.05) is 37.7 Å². The van der Waals surface area contributed by atoms with E-state index in [2.05, 4.69) is 10.2 Å². The van der Waals surface area contributed by atoms with E-state index in [1.54, 1.807) is 6.07 Å². The zero-order valence-corrected chi connectivity index (χ0v) is 15.5. The minimum Gasteiger partial charge on any atom is -0.362 e. The first-order valence-electron chi connectivity index (χ1n) is 7.21. The van der Waals surface area contributed by atoms with Crippen LogP contribution in [0.5, 0.6) is 0 Å². The Bertz CT molecular complexity index is 792. The first kappa shape index (κ1) is 18.5. The van der Waals surface area contributed by atoms with Gasteiger partial charge in [-0.1, -0.05) is 0 Å². The number of nitrogens with one attached hydrogen (secondary N) is 1. The molecule has 2 heterocycles. The van der Waals surface area contributed by atoms with Crippen LogP contribution in [-0.4, -0.2) is 54.5 Å². The number of sulfone groups is 2. The summed E-state index contributed by atoms with van der Waals surface area (Å²) in [6.45, 7) is 1.65. The van der Waals surface area contributed by atoms with Gasteiger partial charge >= 0.3 is 0 Å². The van der Waals surface area contributed by atoms with Crippen LogP contribution in [0.1, 0.15) is 12.8 Å². The summed E-state index contributed by atoms with van der Waals surface area (Å²) in [6.07, 6.45) is 4.26. The number of nitrogens with zero attached hydrogens (tertiary/aromatic N) is 1. The minimum atomic E-state index is -3.51. The molecule has 0 radical (unpaired) electrons. The Morgan fingerprint density at radius 2 is 1.57 bits per heavy atom. The smallest absolute Gasteiger partial charge is 0.177 e. The second-order valence-corrected chi connectivity index (χ2v) is 10.1. The molecule has 0 amide bonds. The third-order valence-electron chi connectivity index (χ3n) is 4.42. The van der Waals surface area contributed by atoms with Gasteiger partial charge < -0.3 is 10.2 Å². The highest BCUT2D eigenvalue weighted by Gasteiger charge is 2.38. The molecule has 0 spiro atoms. The van der Waals surface area contributed by atoms with Crippen molar-refractivity contribution in [1.82, 2.24) is 5.32 Å². The van der Waals surface area contributed by atoms with Crippen LogP contribution in [0.15, 0.2) is 28.0 Å². The third kappa shape index (κ3) is 3.50. The van der Waals surface area contributed by atoms with E-state index in [4.69, 9.17) is 0 Å². The maximum absolute atomic E-state index is 12.2. The van der Waals surface area contributed by atoms with E-state index in [0.717, 1.165) is 38.4 Å². The standard InChI is InChI=1S/C14H20N2O4S2.ClH/c1-21(17,18)12-5-6-13(14(7-12)22(2,19)20)16-10-3-4-11(16)9-15-8-10;/h5-7,10-11,15H,3-4,8-9H2,1-2H3;1H. The molecule has 2 atom stereocenters. The first-order chi connectivity index (χ1) is 10.2. The van der Waals surface area contributed by atoms with Gasteiger partial charge in [-0.25, -0.2) is 16.8 Å². The van der Waals surface area contributed by atoms with Crippen molar-refractivity contribution in [3.05, 3.63) is 18.2 Å². The van der Waals surface area contributed by atoms with Crippen molar-refractivity contribution >= 4 is 37.8 Å². The van der Waals surface area contributed by atoms with Gasteiger partial charge in [0.15, 0.2) is 19.7 Å². The number of benzene rings is 1. The van der Waals surface area contributed by atoms with Crippen LogP contribution < -0.4 is 10.2 Å². The van der Waals surface area contributed by atoms with Crippen LogP contribution in [0.4, 0.5) is 5.69 Å². The normalized spacial score (nSPS) is 24.3. The number of fused-ring (bicyclic) bond motifs is 2. The molecule has 130 valence electrons. The average Bonchev–Trinajstić information content (AvgIpc) is 2.65. The third-order valence-corrected chi connectivity index (χ3v) is 6.65. The van der Waals surface area contributed by atoms with Crippen LogP contribution in [0.25, 0.3) is 0 Å². The molecule has 23 heavy (non-hydrogen) atoms. The Morgan fingerprint density at radius 1 is 1.00 bits per heavy atom. The van der Waals surface area contributed by atoms with Gasteiger partial charge in [0.05, 0.1) is 15.5 Å². The first-order valence-corrected chi connectivity index (χ1v) is 11.0.